The van der Waals surface area contributed by atoms with Gasteiger partial charge in [0.05, 0.1) is 35.5 Å². The third kappa shape index (κ3) is 6.31. The van der Waals surface area contributed by atoms with E-state index in [1.165, 1.54) is 18.2 Å². The molecule has 236 valence electrons. The minimum Gasteiger partial charge on any atom is -0.464 e. The van der Waals surface area contributed by atoms with Gasteiger partial charge in [0.2, 0.25) is 5.91 Å². The van der Waals surface area contributed by atoms with Crippen molar-refractivity contribution in [2.75, 3.05) is 30.3 Å². The van der Waals surface area contributed by atoms with Crippen molar-refractivity contribution in [3.8, 4) is 11.1 Å². The van der Waals surface area contributed by atoms with Gasteiger partial charge in [-0.15, -0.1) is 0 Å². The molecule has 1 saturated heterocycles. The van der Waals surface area contributed by atoms with Crippen molar-refractivity contribution >= 4 is 40.9 Å². The SMILES string of the molecule is CCOC(=O)C1CCCCC(C(=O)N2CC[C@@H]3c4c(ccc(Cl)c4F)NC(=O)OC3C2)c2cc(ccn2)-c2cc(F)ccc2N1. The topological polar surface area (TPSA) is 110 Å². The fourth-order valence-corrected chi connectivity index (χ4v) is 6.73. The number of pyridine rings is 1. The number of anilines is 2. The Kier molecular flexibility index (Phi) is 8.89. The van der Waals surface area contributed by atoms with Crippen molar-refractivity contribution < 1.29 is 32.6 Å². The van der Waals surface area contributed by atoms with E-state index in [2.05, 4.69) is 15.6 Å². The molecular weight excluding hydrogens is 606 g/mol. The number of amides is 2. The molecule has 2 N–H and O–H groups in total. The van der Waals surface area contributed by atoms with Gasteiger partial charge in [0.25, 0.3) is 0 Å². The summed E-state index contributed by atoms with van der Waals surface area (Å²) in [5.41, 5.74) is 2.84. The molecule has 4 heterocycles. The van der Waals surface area contributed by atoms with Gasteiger partial charge in [0.1, 0.15) is 23.8 Å². The van der Waals surface area contributed by atoms with Gasteiger partial charge < -0.3 is 19.7 Å². The maximum atomic E-state index is 15.2. The lowest BCUT2D eigenvalue weighted by atomic mass is 9.84. The van der Waals surface area contributed by atoms with Crippen molar-refractivity contribution in [1.29, 1.82) is 0 Å². The number of piperidine rings is 1. The van der Waals surface area contributed by atoms with Gasteiger partial charge in [-0.2, -0.15) is 0 Å². The Morgan fingerprint density at radius 1 is 1.09 bits per heavy atom. The Bertz CT molecular complexity index is 1640. The smallest absolute Gasteiger partial charge is 0.411 e. The van der Waals surface area contributed by atoms with E-state index in [0.717, 1.165) is 0 Å². The molecule has 1 aromatic heterocycles. The molecule has 2 aromatic carbocycles. The number of nitrogens with zero attached hydrogens (tertiary/aromatic N) is 2. The number of nitrogens with one attached hydrogen (secondary N) is 2. The number of fused-ring (bicyclic) bond motifs is 7. The maximum absolute atomic E-state index is 15.2. The normalized spacial score (nSPS) is 22.8. The van der Waals surface area contributed by atoms with Gasteiger partial charge in [0.15, 0.2) is 0 Å². The van der Waals surface area contributed by atoms with Crippen LogP contribution in [-0.2, 0) is 19.1 Å². The summed E-state index contributed by atoms with van der Waals surface area (Å²) in [7, 11) is 0. The summed E-state index contributed by atoms with van der Waals surface area (Å²) in [5, 5.41) is 5.79. The summed E-state index contributed by atoms with van der Waals surface area (Å²) in [4.78, 5) is 45.8. The van der Waals surface area contributed by atoms with Gasteiger partial charge in [0, 0.05) is 35.5 Å². The summed E-state index contributed by atoms with van der Waals surface area (Å²) >= 11 is 6.09. The number of halogens is 3. The van der Waals surface area contributed by atoms with Gasteiger partial charge in [-0.3, -0.25) is 15.1 Å². The Hall–Kier alpha value is -4.25. The zero-order valence-corrected chi connectivity index (χ0v) is 25.4. The lowest BCUT2D eigenvalue weighted by molar-refractivity contribution is -0.144. The first-order chi connectivity index (χ1) is 21.7. The number of carbonyl (C=O) groups excluding carboxylic acids is 3. The minimum absolute atomic E-state index is 0.0526. The molecule has 12 heteroatoms. The number of rotatable bonds is 3. The molecule has 1 fully saturated rings. The van der Waals surface area contributed by atoms with Crippen LogP contribution in [0.1, 0.15) is 62.1 Å². The Morgan fingerprint density at radius 3 is 2.71 bits per heavy atom. The minimum atomic E-state index is -0.784. The fourth-order valence-electron chi connectivity index (χ4n) is 6.56. The second-order valence-corrected chi connectivity index (χ2v) is 11.9. The van der Waals surface area contributed by atoms with Crippen LogP contribution in [0.3, 0.4) is 0 Å². The van der Waals surface area contributed by atoms with Gasteiger partial charge in [-0.1, -0.05) is 24.4 Å². The number of esters is 1. The van der Waals surface area contributed by atoms with E-state index in [-0.39, 0.29) is 29.6 Å². The Morgan fingerprint density at radius 2 is 1.89 bits per heavy atom. The van der Waals surface area contributed by atoms with Gasteiger partial charge in [-0.05, 0) is 74.2 Å². The molecule has 45 heavy (non-hydrogen) atoms. The highest BCUT2D eigenvalue weighted by atomic mass is 35.5. The second kappa shape index (κ2) is 13.0. The summed E-state index contributed by atoms with van der Waals surface area (Å²) in [5.74, 6) is -2.79. The fraction of sp³-hybridized carbons (Fsp3) is 0.394. The van der Waals surface area contributed by atoms with E-state index in [9.17, 15) is 18.8 Å². The van der Waals surface area contributed by atoms with E-state index in [0.29, 0.717) is 66.8 Å². The molecule has 3 unspecified atom stereocenters. The number of benzene rings is 2. The Labute approximate surface area is 264 Å². The highest BCUT2D eigenvalue weighted by molar-refractivity contribution is 6.31. The van der Waals surface area contributed by atoms with Crippen molar-refractivity contribution in [2.45, 2.75) is 63.0 Å². The lowest BCUT2D eigenvalue weighted by Crippen LogP contribution is -2.48. The average Bonchev–Trinajstić information content (AvgIpc) is 3.17. The molecule has 0 aliphatic carbocycles. The van der Waals surface area contributed by atoms with Crippen molar-refractivity contribution in [1.82, 2.24) is 9.88 Å². The molecule has 3 aromatic rings. The first kappa shape index (κ1) is 30.8. The number of hydrogen-bond acceptors (Lipinski definition) is 7. The molecule has 3 aliphatic rings. The largest absolute Gasteiger partial charge is 0.464 e. The number of hydrogen-bond donors (Lipinski definition) is 2. The number of carbonyl (C=O) groups is 3. The van der Waals surface area contributed by atoms with E-state index >= 15 is 4.39 Å². The summed E-state index contributed by atoms with van der Waals surface area (Å²) in [6.45, 7) is 2.35. The molecule has 2 bridgehead atoms. The first-order valence-electron chi connectivity index (χ1n) is 15.2. The van der Waals surface area contributed by atoms with E-state index in [1.807, 2.05) is 0 Å². The van der Waals surface area contributed by atoms with Crippen LogP contribution < -0.4 is 10.6 Å². The number of likely N-dealkylation sites (tertiary alicyclic amines) is 1. The van der Waals surface area contributed by atoms with Crippen LogP contribution in [0.5, 0.6) is 0 Å². The third-order valence-electron chi connectivity index (χ3n) is 8.73. The molecular formula is C33H33ClF2N4O5. The third-order valence-corrected chi connectivity index (χ3v) is 9.03. The van der Waals surface area contributed by atoms with Crippen molar-refractivity contribution in [2.24, 2.45) is 0 Å². The number of ether oxygens (including phenoxy) is 2. The molecule has 6 rings (SSSR count). The van der Waals surface area contributed by atoms with E-state index in [1.54, 1.807) is 42.3 Å². The summed E-state index contributed by atoms with van der Waals surface area (Å²) < 4.78 is 40.7. The highest BCUT2D eigenvalue weighted by Crippen LogP contribution is 2.42. The van der Waals surface area contributed by atoms with E-state index in [4.69, 9.17) is 21.1 Å². The van der Waals surface area contributed by atoms with Crippen LogP contribution in [0, 0.1) is 11.6 Å². The molecule has 0 spiro atoms. The van der Waals surface area contributed by atoms with Crippen LogP contribution in [0.2, 0.25) is 5.02 Å². The van der Waals surface area contributed by atoms with Crippen LogP contribution in [-0.4, -0.2) is 59.7 Å². The molecule has 0 saturated carbocycles. The highest BCUT2D eigenvalue weighted by Gasteiger charge is 2.42. The van der Waals surface area contributed by atoms with E-state index < -0.39 is 47.7 Å². The summed E-state index contributed by atoms with van der Waals surface area (Å²) in [6, 6.07) is 10.1. The second-order valence-electron chi connectivity index (χ2n) is 11.5. The maximum Gasteiger partial charge on any atom is 0.411 e. The van der Waals surface area contributed by atoms with Crippen LogP contribution in [0.15, 0.2) is 48.7 Å². The molecule has 4 atom stereocenters. The first-order valence-corrected chi connectivity index (χ1v) is 15.5. The molecule has 9 nitrogen and oxygen atoms in total. The molecule has 3 aliphatic heterocycles. The monoisotopic (exact) mass is 638 g/mol. The average molecular weight is 639 g/mol. The zero-order chi connectivity index (χ0) is 31.7. The zero-order valence-electron chi connectivity index (χ0n) is 24.7. The van der Waals surface area contributed by atoms with Crippen LogP contribution in [0.25, 0.3) is 11.1 Å². The summed E-state index contributed by atoms with van der Waals surface area (Å²) in [6.07, 6.45) is 2.55. The lowest BCUT2D eigenvalue weighted by Gasteiger charge is -2.38. The quantitative estimate of drug-likeness (QED) is 0.310. The molecule has 2 amide bonds. The van der Waals surface area contributed by atoms with Crippen LogP contribution in [0.4, 0.5) is 25.0 Å². The predicted molar refractivity (Wildman–Crippen MR) is 164 cm³/mol. The Balaban J connectivity index is 1.31. The van der Waals surface area contributed by atoms with Crippen molar-refractivity contribution in [3.05, 3.63) is 76.6 Å². The predicted octanol–water partition coefficient (Wildman–Crippen LogP) is 6.63. The molecule has 0 radical (unpaired) electrons. The number of aromatic nitrogens is 1. The van der Waals surface area contributed by atoms with Crippen LogP contribution >= 0.6 is 11.6 Å². The van der Waals surface area contributed by atoms with Crippen molar-refractivity contribution in [3.63, 3.8) is 0 Å². The van der Waals surface area contributed by atoms with Gasteiger partial charge >= 0.3 is 12.1 Å². The standard InChI is InChI=1S/C33H33ClF2N4O5/c1-2-44-32(42)26-6-4-3-5-20(27-15-18(11-13-37-27)22-16-19(35)7-9-24(22)38-26)31(41)40-14-12-21-28(17-40)45-33(43)39-25-10-8-23(34)30(36)29(21)25/h7-11,13,15-16,20-21,26,28,38H,2-6,12,14,17H2,1H3,(H,39,43)/t20?,21-,26?,28?/m0/s1. The van der Waals surface area contributed by atoms with Gasteiger partial charge in [-0.25, -0.2) is 18.4 Å².